The topological polar surface area (TPSA) is 79.5 Å². The number of benzene rings is 3. The van der Waals surface area contributed by atoms with Crippen molar-refractivity contribution >= 4 is 29.0 Å². The summed E-state index contributed by atoms with van der Waals surface area (Å²) in [5.41, 5.74) is 3.45. The summed E-state index contributed by atoms with van der Waals surface area (Å²) in [7, 11) is 1.61. The third kappa shape index (κ3) is 5.43. The maximum atomic E-state index is 12.4. The quantitative estimate of drug-likeness (QED) is 0.583. The van der Waals surface area contributed by atoms with Crippen molar-refractivity contribution in [1.82, 2.24) is 0 Å². The third-order valence-corrected chi connectivity index (χ3v) is 3.93. The number of amides is 3. The molecule has 0 aliphatic carbocycles. The molecule has 3 N–H and O–H groups in total. The molecule has 0 aliphatic heterocycles. The lowest BCUT2D eigenvalue weighted by Crippen LogP contribution is -2.19. The molecule has 0 saturated carbocycles. The number of hydrogen-bond acceptors (Lipinski definition) is 3. The molecular weight excluding hydrogens is 354 g/mol. The Hall–Kier alpha value is -3.64. The fourth-order valence-corrected chi connectivity index (χ4v) is 2.62. The van der Waals surface area contributed by atoms with Crippen LogP contribution in [-0.2, 0) is 11.3 Å². The van der Waals surface area contributed by atoms with Gasteiger partial charge in [0, 0.05) is 29.7 Å². The zero-order valence-electron chi connectivity index (χ0n) is 15.4. The van der Waals surface area contributed by atoms with Crippen LogP contribution in [0.3, 0.4) is 0 Å². The highest BCUT2D eigenvalue weighted by Gasteiger charge is 2.08. The molecule has 3 rings (SSSR count). The summed E-state index contributed by atoms with van der Waals surface area (Å²) in [6.45, 7) is 0.451. The number of anilines is 3. The van der Waals surface area contributed by atoms with Crippen LogP contribution >= 0.6 is 0 Å². The van der Waals surface area contributed by atoms with Crippen molar-refractivity contribution in [2.75, 3.05) is 23.1 Å². The minimum Gasteiger partial charge on any atom is -0.380 e. The molecular formula is C22H21N3O3. The normalized spacial score (nSPS) is 10.2. The Labute approximate surface area is 163 Å². The van der Waals surface area contributed by atoms with Crippen LogP contribution in [0.5, 0.6) is 0 Å². The summed E-state index contributed by atoms with van der Waals surface area (Å²) in [5.74, 6) is -0.208. The number of rotatable bonds is 6. The zero-order valence-corrected chi connectivity index (χ0v) is 15.4. The predicted octanol–water partition coefficient (Wildman–Crippen LogP) is 4.73. The van der Waals surface area contributed by atoms with E-state index >= 15 is 0 Å². The lowest BCUT2D eigenvalue weighted by molar-refractivity contribution is 0.102. The van der Waals surface area contributed by atoms with Gasteiger partial charge in [-0.2, -0.15) is 0 Å². The Morgan fingerprint density at radius 2 is 1.36 bits per heavy atom. The van der Waals surface area contributed by atoms with E-state index in [0.717, 1.165) is 5.56 Å². The van der Waals surface area contributed by atoms with Gasteiger partial charge in [0.1, 0.15) is 0 Å². The van der Waals surface area contributed by atoms with Gasteiger partial charge in [-0.1, -0.05) is 30.3 Å². The molecule has 0 atom stereocenters. The molecule has 0 spiro atoms. The van der Waals surface area contributed by atoms with Gasteiger partial charge in [0.15, 0.2) is 0 Å². The molecule has 0 heterocycles. The molecule has 6 heteroatoms. The summed E-state index contributed by atoms with van der Waals surface area (Å²) in [4.78, 5) is 24.4. The summed E-state index contributed by atoms with van der Waals surface area (Å²) in [6.07, 6.45) is 0. The van der Waals surface area contributed by atoms with Gasteiger partial charge >= 0.3 is 6.03 Å². The Kier molecular flexibility index (Phi) is 6.38. The average molecular weight is 375 g/mol. The maximum absolute atomic E-state index is 12.4. The molecule has 28 heavy (non-hydrogen) atoms. The predicted molar refractivity (Wildman–Crippen MR) is 111 cm³/mol. The van der Waals surface area contributed by atoms with E-state index in [0.29, 0.717) is 29.2 Å². The maximum Gasteiger partial charge on any atom is 0.323 e. The lowest BCUT2D eigenvalue weighted by atomic mass is 10.1. The third-order valence-electron chi connectivity index (χ3n) is 3.93. The van der Waals surface area contributed by atoms with Gasteiger partial charge in [0.25, 0.3) is 5.91 Å². The number of methoxy groups -OCH3 is 1. The first-order valence-electron chi connectivity index (χ1n) is 8.76. The second kappa shape index (κ2) is 9.34. The van der Waals surface area contributed by atoms with E-state index in [1.54, 1.807) is 55.6 Å². The summed E-state index contributed by atoms with van der Waals surface area (Å²) >= 11 is 0. The van der Waals surface area contributed by atoms with Crippen molar-refractivity contribution in [3.8, 4) is 0 Å². The number of ether oxygens (including phenoxy) is 1. The van der Waals surface area contributed by atoms with Crippen LogP contribution in [0.2, 0.25) is 0 Å². The van der Waals surface area contributed by atoms with Crippen molar-refractivity contribution in [3.63, 3.8) is 0 Å². The molecule has 3 aromatic carbocycles. The number of nitrogens with one attached hydrogen (secondary N) is 3. The van der Waals surface area contributed by atoms with Gasteiger partial charge in [-0.15, -0.1) is 0 Å². The van der Waals surface area contributed by atoms with E-state index < -0.39 is 0 Å². The second-order valence-corrected chi connectivity index (χ2v) is 6.11. The molecule has 0 saturated heterocycles. The smallest absolute Gasteiger partial charge is 0.323 e. The Morgan fingerprint density at radius 3 is 2.00 bits per heavy atom. The molecule has 3 amide bonds. The molecule has 6 nitrogen and oxygen atoms in total. The molecule has 142 valence electrons. The van der Waals surface area contributed by atoms with Gasteiger partial charge < -0.3 is 20.7 Å². The van der Waals surface area contributed by atoms with E-state index in [2.05, 4.69) is 16.0 Å². The van der Waals surface area contributed by atoms with Crippen molar-refractivity contribution in [2.24, 2.45) is 0 Å². The molecule has 0 aliphatic rings. The Bertz CT molecular complexity index is 941. The van der Waals surface area contributed by atoms with Gasteiger partial charge in [-0.3, -0.25) is 4.79 Å². The summed E-state index contributed by atoms with van der Waals surface area (Å²) in [5, 5.41) is 8.33. The number of hydrogen-bond donors (Lipinski definition) is 3. The molecule has 0 bridgehead atoms. The van der Waals surface area contributed by atoms with E-state index in [9.17, 15) is 9.59 Å². The van der Waals surface area contributed by atoms with Crippen LogP contribution in [0, 0.1) is 0 Å². The first-order valence-corrected chi connectivity index (χ1v) is 8.76. The SMILES string of the molecule is COCc1cccc(C(=O)Nc2ccc(NC(=O)Nc3ccccc3)cc2)c1. The average Bonchev–Trinajstić information content (AvgIpc) is 2.70. The van der Waals surface area contributed by atoms with Gasteiger partial charge in [0.2, 0.25) is 0 Å². The highest BCUT2D eigenvalue weighted by atomic mass is 16.5. The lowest BCUT2D eigenvalue weighted by Gasteiger charge is -2.10. The van der Waals surface area contributed by atoms with Crippen LogP contribution in [-0.4, -0.2) is 19.0 Å². The molecule has 0 unspecified atom stereocenters. The van der Waals surface area contributed by atoms with E-state index in [1.165, 1.54) is 0 Å². The van der Waals surface area contributed by atoms with E-state index in [1.807, 2.05) is 30.3 Å². The highest BCUT2D eigenvalue weighted by Crippen LogP contribution is 2.16. The Morgan fingerprint density at radius 1 is 0.750 bits per heavy atom. The van der Waals surface area contributed by atoms with Crippen LogP contribution < -0.4 is 16.0 Å². The second-order valence-electron chi connectivity index (χ2n) is 6.11. The zero-order chi connectivity index (χ0) is 19.8. The largest absolute Gasteiger partial charge is 0.380 e. The van der Waals surface area contributed by atoms with Crippen molar-refractivity contribution in [2.45, 2.75) is 6.61 Å². The van der Waals surface area contributed by atoms with Gasteiger partial charge in [-0.05, 0) is 54.1 Å². The van der Waals surface area contributed by atoms with Gasteiger partial charge in [-0.25, -0.2) is 4.79 Å². The monoisotopic (exact) mass is 375 g/mol. The molecule has 0 aromatic heterocycles. The number of urea groups is 1. The van der Waals surface area contributed by atoms with Crippen LogP contribution in [0.1, 0.15) is 15.9 Å². The highest BCUT2D eigenvalue weighted by molar-refractivity contribution is 6.04. The van der Waals surface area contributed by atoms with E-state index in [4.69, 9.17) is 4.74 Å². The fraction of sp³-hybridized carbons (Fsp3) is 0.0909. The number of carbonyl (C=O) groups is 2. The first kappa shape index (κ1) is 19.1. The van der Waals surface area contributed by atoms with Crippen LogP contribution in [0.4, 0.5) is 21.9 Å². The van der Waals surface area contributed by atoms with Crippen LogP contribution in [0.15, 0.2) is 78.9 Å². The fourth-order valence-electron chi connectivity index (χ4n) is 2.62. The summed E-state index contributed by atoms with van der Waals surface area (Å²) < 4.78 is 5.09. The van der Waals surface area contributed by atoms with Crippen LogP contribution in [0.25, 0.3) is 0 Å². The number of carbonyl (C=O) groups excluding carboxylic acids is 2. The molecule has 0 fully saturated rings. The molecule has 0 radical (unpaired) electrons. The van der Waals surface area contributed by atoms with Gasteiger partial charge in [0.05, 0.1) is 6.61 Å². The van der Waals surface area contributed by atoms with Crippen molar-refractivity contribution in [1.29, 1.82) is 0 Å². The van der Waals surface area contributed by atoms with Crippen molar-refractivity contribution < 1.29 is 14.3 Å². The minimum absolute atomic E-state index is 0.208. The summed E-state index contributed by atoms with van der Waals surface area (Å²) in [6, 6.07) is 23.0. The standard InChI is InChI=1S/C22H21N3O3/c1-28-15-16-6-5-7-17(14-16)21(26)23-19-10-12-20(13-11-19)25-22(27)24-18-8-3-2-4-9-18/h2-14H,15H2,1H3,(H,23,26)(H2,24,25,27). The first-order chi connectivity index (χ1) is 13.6. The number of para-hydroxylation sites is 1. The molecule has 3 aromatic rings. The Balaban J connectivity index is 1.57. The minimum atomic E-state index is -0.335. The van der Waals surface area contributed by atoms with Crippen molar-refractivity contribution in [3.05, 3.63) is 90.0 Å². The van der Waals surface area contributed by atoms with E-state index in [-0.39, 0.29) is 11.9 Å².